The molecule has 19 heavy (non-hydrogen) atoms. The Bertz CT molecular complexity index is 540. The van der Waals surface area contributed by atoms with Gasteiger partial charge in [0.25, 0.3) is 0 Å². The number of halogens is 2. The van der Waals surface area contributed by atoms with Crippen molar-refractivity contribution in [3.8, 4) is 5.75 Å². The van der Waals surface area contributed by atoms with Gasteiger partial charge in [-0.1, -0.05) is 40.2 Å². The van der Waals surface area contributed by atoms with Crippen LogP contribution >= 0.6 is 31.9 Å². The number of benzene rings is 2. The Balaban J connectivity index is 2.12. The molecule has 0 atom stereocenters. The topological polar surface area (TPSA) is 21.3 Å². The summed E-state index contributed by atoms with van der Waals surface area (Å²) in [6.07, 6.45) is 0. The molecule has 0 aliphatic rings. The molecule has 2 aromatic rings. The first-order chi connectivity index (χ1) is 9.20. The van der Waals surface area contributed by atoms with Crippen LogP contribution in [0.4, 0.5) is 0 Å². The van der Waals surface area contributed by atoms with E-state index in [-0.39, 0.29) is 0 Å². The van der Waals surface area contributed by atoms with Crippen LogP contribution in [-0.4, -0.2) is 7.05 Å². The minimum absolute atomic E-state index is 0.562. The van der Waals surface area contributed by atoms with Crippen LogP contribution in [0.25, 0.3) is 0 Å². The highest BCUT2D eigenvalue weighted by Crippen LogP contribution is 2.29. The Morgan fingerprint density at radius 3 is 2.47 bits per heavy atom. The van der Waals surface area contributed by atoms with E-state index in [1.54, 1.807) is 0 Å². The standard InChI is InChI=1S/C15H15Br2NO/c1-18-9-12-3-2-4-14(17)15(12)19-10-11-5-7-13(16)8-6-11/h2-8,18H,9-10H2,1H3. The number of rotatable bonds is 5. The third-order valence-corrected chi connectivity index (χ3v) is 3.87. The molecule has 0 bridgehead atoms. The second-order valence-electron chi connectivity index (χ2n) is 4.17. The lowest BCUT2D eigenvalue weighted by atomic mass is 10.2. The first-order valence-corrected chi connectivity index (χ1v) is 7.58. The molecule has 4 heteroatoms. The van der Waals surface area contributed by atoms with Crippen molar-refractivity contribution < 1.29 is 4.74 Å². The van der Waals surface area contributed by atoms with Gasteiger partial charge >= 0.3 is 0 Å². The monoisotopic (exact) mass is 383 g/mol. The predicted octanol–water partition coefficient (Wildman–Crippen LogP) is 4.51. The highest BCUT2D eigenvalue weighted by atomic mass is 79.9. The summed E-state index contributed by atoms with van der Waals surface area (Å²) in [7, 11) is 1.93. The van der Waals surface area contributed by atoms with E-state index in [1.165, 1.54) is 0 Å². The molecule has 0 unspecified atom stereocenters. The Kier molecular flexibility index (Phi) is 5.43. The van der Waals surface area contributed by atoms with E-state index in [0.29, 0.717) is 6.61 Å². The van der Waals surface area contributed by atoms with Gasteiger partial charge in [0.15, 0.2) is 0 Å². The summed E-state index contributed by atoms with van der Waals surface area (Å²) < 4.78 is 8.00. The summed E-state index contributed by atoms with van der Waals surface area (Å²) in [6, 6.07) is 14.2. The zero-order valence-corrected chi connectivity index (χ0v) is 13.8. The third-order valence-electron chi connectivity index (χ3n) is 2.71. The summed E-state index contributed by atoms with van der Waals surface area (Å²) in [6.45, 7) is 1.35. The maximum absolute atomic E-state index is 5.94. The summed E-state index contributed by atoms with van der Waals surface area (Å²) in [4.78, 5) is 0. The molecule has 0 aromatic heterocycles. The Labute approximate surface area is 130 Å². The van der Waals surface area contributed by atoms with Gasteiger partial charge in [-0.25, -0.2) is 0 Å². The molecule has 1 N–H and O–H groups in total. The van der Waals surface area contributed by atoms with Crippen molar-refractivity contribution in [2.24, 2.45) is 0 Å². The van der Waals surface area contributed by atoms with Gasteiger partial charge in [0.05, 0.1) is 4.47 Å². The first kappa shape index (κ1) is 14.6. The van der Waals surface area contributed by atoms with Crippen molar-refractivity contribution in [1.82, 2.24) is 5.32 Å². The molecule has 0 saturated carbocycles. The maximum atomic E-state index is 5.94. The summed E-state index contributed by atoms with van der Waals surface area (Å²) >= 11 is 6.97. The minimum atomic E-state index is 0.562. The van der Waals surface area contributed by atoms with E-state index in [4.69, 9.17) is 4.74 Å². The van der Waals surface area contributed by atoms with Crippen molar-refractivity contribution >= 4 is 31.9 Å². The van der Waals surface area contributed by atoms with Crippen molar-refractivity contribution in [3.63, 3.8) is 0 Å². The van der Waals surface area contributed by atoms with E-state index in [9.17, 15) is 0 Å². The molecular weight excluding hydrogens is 370 g/mol. The molecule has 0 amide bonds. The van der Waals surface area contributed by atoms with Crippen LogP contribution in [-0.2, 0) is 13.2 Å². The van der Waals surface area contributed by atoms with E-state index in [0.717, 1.165) is 32.4 Å². The zero-order chi connectivity index (χ0) is 13.7. The molecule has 100 valence electrons. The van der Waals surface area contributed by atoms with E-state index >= 15 is 0 Å². The number of para-hydroxylation sites is 1. The van der Waals surface area contributed by atoms with Crippen LogP contribution in [0.5, 0.6) is 5.75 Å². The Morgan fingerprint density at radius 2 is 1.79 bits per heavy atom. The Morgan fingerprint density at radius 1 is 1.05 bits per heavy atom. The van der Waals surface area contributed by atoms with Crippen LogP contribution in [0.3, 0.4) is 0 Å². The average Bonchev–Trinajstić information content (AvgIpc) is 2.40. The van der Waals surface area contributed by atoms with E-state index < -0.39 is 0 Å². The van der Waals surface area contributed by atoms with Gasteiger partial charge in [-0.3, -0.25) is 0 Å². The maximum Gasteiger partial charge on any atom is 0.138 e. The summed E-state index contributed by atoms with van der Waals surface area (Å²) in [5.74, 6) is 0.903. The molecule has 2 aromatic carbocycles. The molecule has 0 fully saturated rings. The average molecular weight is 385 g/mol. The van der Waals surface area contributed by atoms with Gasteiger partial charge < -0.3 is 10.1 Å². The first-order valence-electron chi connectivity index (χ1n) is 6.00. The summed E-state index contributed by atoms with van der Waals surface area (Å²) in [5, 5.41) is 3.15. The lowest BCUT2D eigenvalue weighted by Gasteiger charge is -2.13. The molecule has 2 nitrogen and oxygen atoms in total. The minimum Gasteiger partial charge on any atom is -0.487 e. The quantitative estimate of drug-likeness (QED) is 0.818. The number of nitrogens with one attached hydrogen (secondary N) is 1. The molecule has 0 heterocycles. The van der Waals surface area contributed by atoms with Gasteiger partial charge in [-0.15, -0.1) is 0 Å². The van der Waals surface area contributed by atoms with Crippen LogP contribution in [0.2, 0.25) is 0 Å². The van der Waals surface area contributed by atoms with Crippen molar-refractivity contribution in [1.29, 1.82) is 0 Å². The van der Waals surface area contributed by atoms with Gasteiger partial charge in [0.2, 0.25) is 0 Å². The SMILES string of the molecule is CNCc1cccc(Br)c1OCc1ccc(Br)cc1. The number of hydrogen-bond acceptors (Lipinski definition) is 2. The number of ether oxygens (including phenoxy) is 1. The molecule has 0 saturated heterocycles. The second-order valence-corrected chi connectivity index (χ2v) is 5.94. The molecule has 0 aliphatic carbocycles. The molecular formula is C15H15Br2NO. The molecule has 2 rings (SSSR count). The van der Waals surface area contributed by atoms with Crippen LogP contribution in [0, 0.1) is 0 Å². The van der Waals surface area contributed by atoms with Gasteiger partial charge in [0, 0.05) is 16.6 Å². The van der Waals surface area contributed by atoms with E-state index in [2.05, 4.69) is 55.4 Å². The van der Waals surface area contributed by atoms with Crippen LogP contribution in [0.1, 0.15) is 11.1 Å². The van der Waals surface area contributed by atoms with Gasteiger partial charge in [-0.2, -0.15) is 0 Å². The third kappa shape index (κ3) is 4.06. The van der Waals surface area contributed by atoms with Gasteiger partial charge in [0.1, 0.15) is 12.4 Å². The largest absolute Gasteiger partial charge is 0.487 e. The smallest absolute Gasteiger partial charge is 0.138 e. The second kappa shape index (κ2) is 7.08. The lowest BCUT2D eigenvalue weighted by molar-refractivity contribution is 0.300. The highest BCUT2D eigenvalue weighted by molar-refractivity contribution is 9.10. The fourth-order valence-electron chi connectivity index (χ4n) is 1.78. The fraction of sp³-hybridized carbons (Fsp3) is 0.200. The molecule has 0 spiro atoms. The van der Waals surface area contributed by atoms with Gasteiger partial charge in [-0.05, 0) is 46.7 Å². The molecule has 0 radical (unpaired) electrons. The van der Waals surface area contributed by atoms with Crippen molar-refractivity contribution in [3.05, 3.63) is 62.5 Å². The zero-order valence-electron chi connectivity index (χ0n) is 10.6. The highest BCUT2D eigenvalue weighted by Gasteiger charge is 2.07. The Hall–Kier alpha value is -0.840. The predicted molar refractivity (Wildman–Crippen MR) is 85.4 cm³/mol. The van der Waals surface area contributed by atoms with Crippen molar-refractivity contribution in [2.45, 2.75) is 13.2 Å². The van der Waals surface area contributed by atoms with E-state index in [1.807, 2.05) is 31.3 Å². The normalized spacial score (nSPS) is 10.5. The number of hydrogen-bond donors (Lipinski definition) is 1. The van der Waals surface area contributed by atoms with Crippen LogP contribution < -0.4 is 10.1 Å². The van der Waals surface area contributed by atoms with Crippen LogP contribution in [0.15, 0.2) is 51.4 Å². The fourth-order valence-corrected chi connectivity index (χ4v) is 2.57. The molecule has 0 aliphatic heterocycles. The lowest BCUT2D eigenvalue weighted by Crippen LogP contribution is -2.08. The summed E-state index contributed by atoms with van der Waals surface area (Å²) in [5.41, 5.74) is 2.29. The van der Waals surface area contributed by atoms with Crippen molar-refractivity contribution in [2.75, 3.05) is 7.05 Å².